The topological polar surface area (TPSA) is 52.6 Å². The van der Waals surface area contributed by atoms with Crippen LogP contribution in [-0.2, 0) is 4.79 Å². The minimum absolute atomic E-state index is 0.143. The SMILES string of the molecule is O=C1CNN(c2cc(O)cc(Br)c2)C1. The van der Waals surface area contributed by atoms with E-state index < -0.39 is 0 Å². The zero-order valence-electron chi connectivity index (χ0n) is 7.33. The van der Waals surface area contributed by atoms with Crippen molar-refractivity contribution >= 4 is 27.4 Å². The van der Waals surface area contributed by atoms with Crippen molar-refractivity contribution in [1.29, 1.82) is 0 Å². The quantitative estimate of drug-likeness (QED) is 0.789. The van der Waals surface area contributed by atoms with Gasteiger partial charge in [0.05, 0.1) is 18.8 Å². The predicted molar refractivity (Wildman–Crippen MR) is 56.2 cm³/mol. The smallest absolute Gasteiger partial charge is 0.169 e. The summed E-state index contributed by atoms with van der Waals surface area (Å²) in [6.07, 6.45) is 0. The summed E-state index contributed by atoms with van der Waals surface area (Å²) in [6.45, 7) is 0.698. The largest absolute Gasteiger partial charge is 0.508 e. The lowest BCUT2D eigenvalue weighted by molar-refractivity contribution is -0.115. The van der Waals surface area contributed by atoms with Crippen LogP contribution in [0.3, 0.4) is 0 Å². The monoisotopic (exact) mass is 256 g/mol. The molecule has 1 heterocycles. The highest BCUT2D eigenvalue weighted by molar-refractivity contribution is 9.10. The van der Waals surface area contributed by atoms with Crippen LogP contribution in [0.4, 0.5) is 5.69 Å². The second kappa shape index (κ2) is 3.59. The minimum Gasteiger partial charge on any atom is -0.508 e. The number of halogens is 1. The molecule has 2 N–H and O–H groups in total. The van der Waals surface area contributed by atoms with Gasteiger partial charge in [0.1, 0.15) is 5.75 Å². The standard InChI is InChI=1S/C9H9BrN2O2/c10-6-1-7(3-8(13)2-6)12-5-9(14)4-11-12/h1-3,11,13H,4-5H2. The average Bonchev–Trinajstić information content (AvgIpc) is 2.50. The van der Waals surface area contributed by atoms with Crippen LogP contribution in [0.1, 0.15) is 0 Å². The van der Waals surface area contributed by atoms with E-state index in [0.717, 1.165) is 10.2 Å². The predicted octanol–water partition coefficient (Wildman–Crippen LogP) is 1.05. The number of carbonyl (C=O) groups is 1. The van der Waals surface area contributed by atoms with E-state index in [0.29, 0.717) is 13.1 Å². The van der Waals surface area contributed by atoms with Crippen LogP contribution >= 0.6 is 15.9 Å². The number of phenols is 1. The van der Waals surface area contributed by atoms with Gasteiger partial charge in [-0.25, -0.2) is 5.43 Å². The third-order valence-electron chi connectivity index (χ3n) is 1.98. The fourth-order valence-electron chi connectivity index (χ4n) is 1.37. The molecule has 1 fully saturated rings. The summed E-state index contributed by atoms with van der Waals surface area (Å²) in [5, 5.41) is 11.1. The molecule has 1 aliphatic rings. The number of ketones is 1. The Morgan fingerprint density at radius 1 is 1.43 bits per heavy atom. The molecule has 0 spiro atoms. The molecule has 74 valence electrons. The molecule has 0 bridgehead atoms. The van der Waals surface area contributed by atoms with Crippen molar-refractivity contribution < 1.29 is 9.90 Å². The maximum Gasteiger partial charge on any atom is 0.169 e. The molecule has 0 saturated carbocycles. The molecule has 1 aromatic carbocycles. The van der Waals surface area contributed by atoms with Gasteiger partial charge in [0.2, 0.25) is 0 Å². The molecule has 0 unspecified atom stereocenters. The zero-order chi connectivity index (χ0) is 10.1. The van der Waals surface area contributed by atoms with Crippen LogP contribution in [-0.4, -0.2) is 24.0 Å². The van der Waals surface area contributed by atoms with E-state index in [1.54, 1.807) is 17.1 Å². The van der Waals surface area contributed by atoms with E-state index in [1.165, 1.54) is 0 Å². The van der Waals surface area contributed by atoms with Gasteiger partial charge < -0.3 is 10.1 Å². The summed E-state index contributed by atoms with van der Waals surface area (Å²) >= 11 is 3.28. The molecule has 1 saturated heterocycles. The van der Waals surface area contributed by atoms with E-state index in [1.807, 2.05) is 6.07 Å². The van der Waals surface area contributed by atoms with Gasteiger partial charge in [-0.3, -0.25) is 4.79 Å². The van der Waals surface area contributed by atoms with Crippen molar-refractivity contribution in [3.05, 3.63) is 22.7 Å². The lowest BCUT2D eigenvalue weighted by Gasteiger charge is -2.17. The summed E-state index contributed by atoms with van der Waals surface area (Å²) in [5.41, 5.74) is 3.71. The molecule has 4 nitrogen and oxygen atoms in total. The third kappa shape index (κ3) is 1.88. The normalized spacial score (nSPS) is 16.4. The fourth-order valence-corrected chi connectivity index (χ4v) is 1.84. The zero-order valence-corrected chi connectivity index (χ0v) is 8.91. The number of carbonyl (C=O) groups excluding carboxylic acids is 1. The van der Waals surface area contributed by atoms with Crippen LogP contribution in [0.2, 0.25) is 0 Å². The Kier molecular flexibility index (Phi) is 2.43. The summed E-state index contributed by atoms with van der Waals surface area (Å²) in [4.78, 5) is 11.0. The first-order valence-corrected chi connectivity index (χ1v) is 4.97. The number of nitrogens with one attached hydrogen (secondary N) is 1. The number of hydrazine groups is 1. The Hall–Kier alpha value is -1.07. The Morgan fingerprint density at radius 2 is 2.21 bits per heavy atom. The molecule has 0 aliphatic carbocycles. The number of aromatic hydroxyl groups is 1. The van der Waals surface area contributed by atoms with Crippen LogP contribution in [0.5, 0.6) is 5.75 Å². The van der Waals surface area contributed by atoms with Crippen LogP contribution in [0, 0.1) is 0 Å². The van der Waals surface area contributed by atoms with E-state index >= 15 is 0 Å². The first-order chi connectivity index (χ1) is 6.65. The number of nitrogens with zero attached hydrogens (tertiary/aromatic N) is 1. The van der Waals surface area contributed by atoms with Gasteiger partial charge in [-0.2, -0.15) is 0 Å². The van der Waals surface area contributed by atoms with Crippen molar-refractivity contribution in [2.75, 3.05) is 18.1 Å². The van der Waals surface area contributed by atoms with Crippen molar-refractivity contribution in [3.63, 3.8) is 0 Å². The van der Waals surface area contributed by atoms with Gasteiger partial charge in [-0.1, -0.05) is 15.9 Å². The van der Waals surface area contributed by atoms with E-state index in [4.69, 9.17) is 0 Å². The maximum absolute atomic E-state index is 11.0. The number of Topliss-reactive ketones (excluding diaryl/α,β-unsaturated/α-hetero) is 1. The molecular formula is C9H9BrN2O2. The number of phenolic OH excluding ortho intramolecular Hbond substituents is 1. The number of benzene rings is 1. The first-order valence-electron chi connectivity index (χ1n) is 4.17. The Labute approximate surface area is 89.6 Å². The second-order valence-corrected chi connectivity index (χ2v) is 4.04. The maximum atomic E-state index is 11.0. The third-order valence-corrected chi connectivity index (χ3v) is 2.44. The fraction of sp³-hybridized carbons (Fsp3) is 0.222. The number of rotatable bonds is 1. The molecular weight excluding hydrogens is 248 g/mol. The van der Waals surface area contributed by atoms with E-state index in [2.05, 4.69) is 21.4 Å². The van der Waals surface area contributed by atoms with Crippen molar-refractivity contribution in [1.82, 2.24) is 5.43 Å². The van der Waals surface area contributed by atoms with Crippen LogP contribution < -0.4 is 10.4 Å². The Morgan fingerprint density at radius 3 is 2.79 bits per heavy atom. The van der Waals surface area contributed by atoms with Crippen molar-refractivity contribution in [2.45, 2.75) is 0 Å². The van der Waals surface area contributed by atoms with Crippen molar-refractivity contribution in [2.24, 2.45) is 0 Å². The first kappa shape index (κ1) is 9.48. The molecule has 0 amide bonds. The van der Waals surface area contributed by atoms with E-state index in [-0.39, 0.29) is 11.5 Å². The molecule has 0 atom stereocenters. The highest BCUT2D eigenvalue weighted by atomic mass is 79.9. The van der Waals surface area contributed by atoms with Gasteiger partial charge in [0.15, 0.2) is 5.78 Å². The highest BCUT2D eigenvalue weighted by Gasteiger charge is 2.19. The van der Waals surface area contributed by atoms with Crippen molar-refractivity contribution in [3.8, 4) is 5.75 Å². The summed E-state index contributed by atoms with van der Waals surface area (Å²) in [7, 11) is 0. The van der Waals surface area contributed by atoms with Crippen LogP contribution in [0.15, 0.2) is 22.7 Å². The van der Waals surface area contributed by atoms with Gasteiger partial charge >= 0.3 is 0 Å². The summed E-state index contributed by atoms with van der Waals surface area (Å²) < 4.78 is 0.786. The molecule has 5 heteroatoms. The van der Waals surface area contributed by atoms with Crippen LogP contribution in [0.25, 0.3) is 0 Å². The molecule has 14 heavy (non-hydrogen) atoms. The molecule has 0 radical (unpaired) electrons. The number of anilines is 1. The molecule has 2 rings (SSSR count). The molecule has 1 aliphatic heterocycles. The van der Waals surface area contributed by atoms with E-state index in [9.17, 15) is 9.90 Å². The molecule has 1 aromatic rings. The van der Waals surface area contributed by atoms with Gasteiger partial charge in [-0.15, -0.1) is 0 Å². The number of hydrogen-bond acceptors (Lipinski definition) is 4. The Bertz CT molecular complexity index is 361. The Balaban J connectivity index is 2.27. The minimum atomic E-state index is 0.143. The van der Waals surface area contributed by atoms with Gasteiger partial charge in [0.25, 0.3) is 0 Å². The second-order valence-electron chi connectivity index (χ2n) is 3.13. The lowest BCUT2D eigenvalue weighted by Crippen LogP contribution is -2.30. The molecule has 0 aromatic heterocycles. The highest BCUT2D eigenvalue weighted by Crippen LogP contribution is 2.26. The lowest BCUT2D eigenvalue weighted by atomic mass is 10.3. The average molecular weight is 257 g/mol. The van der Waals surface area contributed by atoms with Gasteiger partial charge in [0, 0.05) is 10.5 Å². The number of hydrogen-bond donors (Lipinski definition) is 2. The summed E-state index contributed by atoms with van der Waals surface area (Å²) in [5.74, 6) is 0.319. The van der Waals surface area contributed by atoms with Gasteiger partial charge in [-0.05, 0) is 12.1 Å². The summed E-state index contributed by atoms with van der Waals surface area (Å²) in [6, 6.07) is 5.04.